The minimum absolute atomic E-state index is 0.142. The van der Waals surface area contributed by atoms with Gasteiger partial charge in [-0.15, -0.1) is 0 Å². The number of anilines is 1. The highest BCUT2D eigenvalue weighted by Crippen LogP contribution is 2.25. The van der Waals surface area contributed by atoms with E-state index in [1.54, 1.807) is 6.92 Å². The van der Waals surface area contributed by atoms with Crippen LogP contribution in [0.1, 0.15) is 26.3 Å². The predicted octanol–water partition coefficient (Wildman–Crippen LogP) is 3.60. The summed E-state index contributed by atoms with van der Waals surface area (Å²) in [6.45, 7) is 1.66. The lowest BCUT2D eigenvalue weighted by molar-refractivity contribution is -0.384. The van der Waals surface area contributed by atoms with Crippen LogP contribution in [-0.2, 0) is 4.74 Å². The summed E-state index contributed by atoms with van der Waals surface area (Å²) in [5, 5.41) is 13.6. The van der Waals surface area contributed by atoms with E-state index in [2.05, 4.69) is 10.1 Å². The molecule has 0 spiro atoms. The van der Waals surface area contributed by atoms with E-state index in [0.717, 1.165) is 0 Å². The van der Waals surface area contributed by atoms with E-state index in [4.69, 9.17) is 11.6 Å². The van der Waals surface area contributed by atoms with Crippen molar-refractivity contribution in [2.75, 3.05) is 12.4 Å². The summed E-state index contributed by atoms with van der Waals surface area (Å²) in [6, 6.07) is 8.27. The number of hydrogen-bond acceptors (Lipinski definition) is 5. The third kappa shape index (κ3) is 3.69. The van der Waals surface area contributed by atoms with Crippen molar-refractivity contribution in [3.05, 3.63) is 68.2 Å². The summed E-state index contributed by atoms with van der Waals surface area (Å²) in [6.07, 6.45) is 0. The molecule has 0 saturated heterocycles. The zero-order chi connectivity index (χ0) is 17.9. The monoisotopic (exact) mass is 348 g/mol. The number of aryl methyl sites for hydroxylation is 1. The van der Waals surface area contributed by atoms with Crippen molar-refractivity contribution < 1.29 is 19.2 Å². The lowest BCUT2D eigenvalue weighted by Gasteiger charge is -2.10. The van der Waals surface area contributed by atoms with Crippen LogP contribution in [0, 0.1) is 17.0 Å². The van der Waals surface area contributed by atoms with Gasteiger partial charge in [0, 0.05) is 17.7 Å². The summed E-state index contributed by atoms with van der Waals surface area (Å²) < 4.78 is 4.61. The topological polar surface area (TPSA) is 98.5 Å². The Hall–Kier alpha value is -2.93. The van der Waals surface area contributed by atoms with Gasteiger partial charge in [0.25, 0.3) is 11.6 Å². The standard InChI is InChI=1S/C16H13ClN2O5/c1-9-3-5-11(19(22)23)8-12(9)15(20)18-14-7-10(16(21)24-2)4-6-13(14)17/h3-8H,1-2H3,(H,18,20). The number of halogens is 1. The molecule has 0 heterocycles. The van der Waals surface area contributed by atoms with Crippen LogP contribution in [0.3, 0.4) is 0 Å². The first-order chi connectivity index (χ1) is 11.3. The van der Waals surface area contributed by atoms with Gasteiger partial charge in [0.1, 0.15) is 0 Å². The maximum atomic E-state index is 12.4. The van der Waals surface area contributed by atoms with Gasteiger partial charge in [0.2, 0.25) is 0 Å². The molecular formula is C16H13ClN2O5. The van der Waals surface area contributed by atoms with Crippen LogP contribution in [0.15, 0.2) is 36.4 Å². The van der Waals surface area contributed by atoms with Gasteiger partial charge < -0.3 is 10.1 Å². The number of rotatable bonds is 4. The third-order valence-corrected chi connectivity index (χ3v) is 3.64. The number of carbonyl (C=O) groups excluding carboxylic acids is 2. The summed E-state index contributed by atoms with van der Waals surface area (Å²) >= 11 is 6.02. The molecular weight excluding hydrogens is 336 g/mol. The lowest BCUT2D eigenvalue weighted by Crippen LogP contribution is -2.14. The number of nitro groups is 1. The summed E-state index contributed by atoms with van der Waals surface area (Å²) in [5.74, 6) is -1.14. The van der Waals surface area contributed by atoms with E-state index in [-0.39, 0.29) is 27.5 Å². The molecule has 0 aliphatic carbocycles. The Morgan fingerprint density at radius 3 is 2.54 bits per heavy atom. The van der Waals surface area contributed by atoms with Crippen molar-refractivity contribution in [1.82, 2.24) is 0 Å². The molecule has 0 aliphatic rings. The fourth-order valence-corrected chi connectivity index (χ4v) is 2.19. The minimum Gasteiger partial charge on any atom is -0.465 e. The Labute approximate surface area is 142 Å². The molecule has 0 aliphatic heterocycles. The Balaban J connectivity index is 2.35. The number of nitrogens with one attached hydrogen (secondary N) is 1. The first-order valence-corrected chi connectivity index (χ1v) is 7.15. The summed E-state index contributed by atoms with van der Waals surface area (Å²) in [4.78, 5) is 34.2. The number of hydrogen-bond donors (Lipinski definition) is 1. The van der Waals surface area contributed by atoms with Crippen LogP contribution in [0.4, 0.5) is 11.4 Å². The number of nitrogens with zero attached hydrogens (tertiary/aromatic N) is 1. The fourth-order valence-electron chi connectivity index (χ4n) is 2.02. The maximum Gasteiger partial charge on any atom is 0.337 e. The molecule has 2 rings (SSSR count). The van der Waals surface area contributed by atoms with Gasteiger partial charge in [-0.05, 0) is 30.7 Å². The number of esters is 1. The predicted molar refractivity (Wildman–Crippen MR) is 88.6 cm³/mol. The quantitative estimate of drug-likeness (QED) is 0.517. The highest BCUT2D eigenvalue weighted by atomic mass is 35.5. The molecule has 0 aromatic heterocycles. The Morgan fingerprint density at radius 1 is 1.21 bits per heavy atom. The second-order valence-corrected chi connectivity index (χ2v) is 5.30. The molecule has 1 amide bonds. The van der Waals surface area contributed by atoms with Crippen LogP contribution in [0.2, 0.25) is 5.02 Å². The van der Waals surface area contributed by atoms with Crippen LogP contribution in [-0.4, -0.2) is 23.9 Å². The number of non-ortho nitro benzene ring substituents is 1. The largest absolute Gasteiger partial charge is 0.465 e. The van der Waals surface area contributed by atoms with Crippen LogP contribution >= 0.6 is 11.6 Å². The van der Waals surface area contributed by atoms with Gasteiger partial charge in [-0.1, -0.05) is 17.7 Å². The van der Waals surface area contributed by atoms with Crippen molar-refractivity contribution >= 4 is 34.9 Å². The number of nitro benzene ring substituents is 1. The van der Waals surface area contributed by atoms with E-state index < -0.39 is 16.8 Å². The zero-order valence-electron chi connectivity index (χ0n) is 12.8. The number of benzene rings is 2. The SMILES string of the molecule is COC(=O)c1ccc(Cl)c(NC(=O)c2cc([N+](=O)[O-])ccc2C)c1. The molecule has 0 bridgehead atoms. The lowest BCUT2D eigenvalue weighted by atomic mass is 10.1. The molecule has 124 valence electrons. The molecule has 0 atom stereocenters. The molecule has 0 radical (unpaired) electrons. The fraction of sp³-hybridized carbons (Fsp3) is 0.125. The van der Waals surface area contributed by atoms with E-state index in [9.17, 15) is 19.7 Å². The number of amides is 1. The first kappa shape index (κ1) is 17.4. The Morgan fingerprint density at radius 2 is 1.92 bits per heavy atom. The highest BCUT2D eigenvalue weighted by Gasteiger charge is 2.17. The van der Waals surface area contributed by atoms with Crippen molar-refractivity contribution in [2.45, 2.75) is 6.92 Å². The average molecular weight is 349 g/mol. The molecule has 1 N–H and O–H groups in total. The molecule has 0 saturated carbocycles. The molecule has 24 heavy (non-hydrogen) atoms. The van der Waals surface area contributed by atoms with Crippen molar-refractivity contribution in [3.63, 3.8) is 0 Å². The van der Waals surface area contributed by atoms with E-state index in [1.807, 2.05) is 0 Å². The van der Waals surface area contributed by atoms with E-state index in [1.165, 1.54) is 43.5 Å². The molecule has 0 fully saturated rings. The van der Waals surface area contributed by atoms with Gasteiger partial charge in [-0.3, -0.25) is 14.9 Å². The number of carbonyl (C=O) groups is 2. The summed E-state index contributed by atoms with van der Waals surface area (Å²) in [7, 11) is 1.24. The van der Waals surface area contributed by atoms with Gasteiger partial charge in [-0.25, -0.2) is 4.79 Å². The van der Waals surface area contributed by atoms with Gasteiger partial charge in [-0.2, -0.15) is 0 Å². The van der Waals surface area contributed by atoms with Crippen LogP contribution in [0.25, 0.3) is 0 Å². The zero-order valence-corrected chi connectivity index (χ0v) is 13.6. The Bertz CT molecular complexity index is 835. The normalized spacial score (nSPS) is 10.1. The molecule has 8 heteroatoms. The molecule has 2 aromatic carbocycles. The Kier molecular flexibility index (Phi) is 5.15. The maximum absolute atomic E-state index is 12.4. The highest BCUT2D eigenvalue weighted by molar-refractivity contribution is 6.34. The molecule has 2 aromatic rings. The minimum atomic E-state index is -0.582. The van der Waals surface area contributed by atoms with Gasteiger partial charge in [0.05, 0.1) is 28.3 Å². The van der Waals surface area contributed by atoms with Gasteiger partial charge >= 0.3 is 5.97 Å². The average Bonchev–Trinajstić information content (AvgIpc) is 2.56. The van der Waals surface area contributed by atoms with E-state index >= 15 is 0 Å². The van der Waals surface area contributed by atoms with Crippen molar-refractivity contribution in [1.29, 1.82) is 0 Å². The van der Waals surface area contributed by atoms with Crippen LogP contribution < -0.4 is 5.32 Å². The number of methoxy groups -OCH3 is 1. The molecule has 0 unspecified atom stereocenters. The first-order valence-electron chi connectivity index (χ1n) is 6.77. The second-order valence-electron chi connectivity index (χ2n) is 4.90. The number of ether oxygens (including phenoxy) is 1. The van der Waals surface area contributed by atoms with Crippen LogP contribution in [0.5, 0.6) is 0 Å². The van der Waals surface area contributed by atoms with Gasteiger partial charge in [0.15, 0.2) is 0 Å². The van der Waals surface area contributed by atoms with Crippen molar-refractivity contribution in [2.24, 2.45) is 0 Å². The van der Waals surface area contributed by atoms with E-state index in [0.29, 0.717) is 5.56 Å². The second kappa shape index (κ2) is 7.10. The molecule has 7 nitrogen and oxygen atoms in total. The summed E-state index contributed by atoms with van der Waals surface area (Å²) in [5.41, 5.74) is 0.936. The third-order valence-electron chi connectivity index (χ3n) is 3.31. The smallest absolute Gasteiger partial charge is 0.337 e. The van der Waals surface area contributed by atoms with Crippen molar-refractivity contribution in [3.8, 4) is 0 Å².